The van der Waals surface area contributed by atoms with Gasteiger partial charge < -0.3 is 9.64 Å². The zero-order chi connectivity index (χ0) is 13.5. The third-order valence-electron chi connectivity index (χ3n) is 1.76. The first kappa shape index (κ1) is 16.3. The van der Waals surface area contributed by atoms with Gasteiger partial charge in [0, 0.05) is 13.0 Å². The zero-order valence-electron chi connectivity index (χ0n) is 10.5. The van der Waals surface area contributed by atoms with Crippen LogP contribution in [0.3, 0.4) is 0 Å². The summed E-state index contributed by atoms with van der Waals surface area (Å²) in [7, 11) is 0.542. The van der Waals surface area contributed by atoms with Crippen molar-refractivity contribution in [1.82, 2.24) is 4.90 Å². The Morgan fingerprint density at radius 3 is 2.35 bits per heavy atom. The molecule has 0 radical (unpaired) electrons. The number of carbonyl (C=O) groups is 1. The summed E-state index contributed by atoms with van der Waals surface area (Å²) in [4.78, 5) is 12.9. The molecule has 0 N–H and O–H groups in total. The minimum absolute atomic E-state index is 0.223. The van der Waals surface area contributed by atoms with Gasteiger partial charge in [0.2, 0.25) is 0 Å². The van der Waals surface area contributed by atoms with Crippen LogP contribution in [0.25, 0.3) is 0 Å². The number of nitrogens with zero attached hydrogens (tertiary/aromatic N) is 1. The first-order chi connectivity index (χ1) is 7.80. The molecule has 0 saturated heterocycles. The first-order valence-corrected chi connectivity index (χ1v) is 6.43. The lowest BCUT2D eigenvalue weighted by molar-refractivity contribution is -0.151. The largest absolute Gasteiger partial charge is 0.458 e. The molecular weight excluding hydrogens is 250 g/mol. The van der Waals surface area contributed by atoms with Crippen molar-refractivity contribution in [2.45, 2.75) is 19.4 Å². The number of rotatable bonds is 8. The van der Waals surface area contributed by atoms with Gasteiger partial charge in [-0.1, -0.05) is 6.92 Å². The summed E-state index contributed by atoms with van der Waals surface area (Å²) >= 11 is 0. The molecule has 0 aliphatic heterocycles. The summed E-state index contributed by atoms with van der Waals surface area (Å²) in [6.07, 6.45) is -0.427. The minimum atomic E-state index is -4.00. The highest BCUT2D eigenvalue weighted by Crippen LogP contribution is 2.02. The lowest BCUT2D eigenvalue weighted by atomic mass is 10.3. The molecule has 0 saturated carbocycles. The van der Waals surface area contributed by atoms with Crippen LogP contribution >= 0.6 is 0 Å². The van der Waals surface area contributed by atoms with Crippen LogP contribution in [-0.4, -0.2) is 59.7 Å². The van der Waals surface area contributed by atoms with Crippen LogP contribution in [0.1, 0.15) is 13.3 Å². The van der Waals surface area contributed by atoms with E-state index in [4.69, 9.17) is 4.74 Å². The molecule has 0 rings (SSSR count). The van der Waals surface area contributed by atoms with Crippen molar-refractivity contribution < 1.29 is 26.3 Å². The van der Waals surface area contributed by atoms with Crippen LogP contribution in [-0.2, 0) is 28.3 Å². The van der Waals surface area contributed by atoms with Crippen molar-refractivity contribution in [3.63, 3.8) is 0 Å². The maximum absolute atomic E-state index is 11.1. The Labute approximate surface area is 102 Å². The molecule has 0 aromatic heterocycles. The van der Waals surface area contributed by atoms with E-state index in [1.165, 1.54) is 0 Å². The van der Waals surface area contributed by atoms with Crippen molar-refractivity contribution in [2.24, 2.45) is 0 Å². The minimum Gasteiger partial charge on any atom is -0.458 e. The van der Waals surface area contributed by atoms with Crippen LogP contribution < -0.4 is 0 Å². The first-order valence-electron chi connectivity index (χ1n) is 5.10. The van der Waals surface area contributed by atoms with E-state index in [0.29, 0.717) is 6.54 Å². The van der Waals surface area contributed by atoms with Gasteiger partial charge in [-0.25, -0.2) is 4.18 Å². The molecule has 17 heavy (non-hydrogen) atoms. The number of carbonyl (C=O) groups excluding carboxylic acids is 1. The maximum Gasteiger partial charge on any atom is 0.399 e. The molecule has 0 aromatic rings. The molecule has 0 aliphatic rings. The summed E-state index contributed by atoms with van der Waals surface area (Å²) in [6, 6.07) is 0. The van der Waals surface area contributed by atoms with Crippen LogP contribution in [0.5, 0.6) is 0 Å². The van der Waals surface area contributed by atoms with E-state index in [0.717, 1.165) is 7.11 Å². The summed E-state index contributed by atoms with van der Waals surface area (Å²) in [5.41, 5.74) is 0. The highest BCUT2D eigenvalue weighted by molar-refractivity contribution is 7.81. The molecule has 7 nitrogen and oxygen atoms in total. The number of likely N-dealkylation sites (N-methyl/N-ethyl adjacent to an activating group) is 1. The predicted octanol–water partition coefficient (Wildman–Crippen LogP) is -0.222. The Hall–Kier alpha value is -0.700. The summed E-state index contributed by atoms with van der Waals surface area (Å²) in [6.45, 7) is 1.76. The average molecular weight is 269 g/mol. The average Bonchev–Trinajstić information content (AvgIpc) is 2.25. The van der Waals surface area contributed by atoms with Crippen molar-refractivity contribution in [3.05, 3.63) is 0 Å². The van der Waals surface area contributed by atoms with Crippen LogP contribution in [0, 0.1) is 0 Å². The third kappa shape index (κ3) is 8.08. The van der Waals surface area contributed by atoms with Crippen LogP contribution in [0.4, 0.5) is 0 Å². The van der Waals surface area contributed by atoms with Gasteiger partial charge in [-0.15, -0.1) is 0 Å². The van der Waals surface area contributed by atoms with Crippen molar-refractivity contribution in [3.8, 4) is 0 Å². The molecule has 0 amide bonds. The van der Waals surface area contributed by atoms with Gasteiger partial charge in [-0.3, -0.25) is 8.98 Å². The second-order valence-electron chi connectivity index (χ2n) is 3.59. The van der Waals surface area contributed by atoms with E-state index in [1.54, 1.807) is 25.9 Å². The number of hydrogen-bond acceptors (Lipinski definition) is 7. The van der Waals surface area contributed by atoms with Gasteiger partial charge in [0.05, 0.1) is 7.11 Å². The maximum atomic E-state index is 11.1. The molecule has 102 valence electrons. The fourth-order valence-corrected chi connectivity index (χ4v) is 1.42. The molecule has 0 spiro atoms. The highest BCUT2D eigenvalue weighted by Gasteiger charge is 2.19. The van der Waals surface area contributed by atoms with Crippen LogP contribution in [0.2, 0.25) is 0 Å². The smallest absolute Gasteiger partial charge is 0.399 e. The molecule has 1 atom stereocenters. The Bertz CT molecular complexity index is 326. The summed E-state index contributed by atoms with van der Waals surface area (Å²) < 4.78 is 35.6. The lowest BCUT2D eigenvalue weighted by Gasteiger charge is -2.20. The molecule has 0 heterocycles. The Balaban J connectivity index is 4.34. The van der Waals surface area contributed by atoms with Gasteiger partial charge in [-0.2, -0.15) is 8.42 Å². The van der Waals surface area contributed by atoms with Gasteiger partial charge >= 0.3 is 16.4 Å². The molecule has 8 heteroatoms. The topological polar surface area (TPSA) is 82.1 Å². The van der Waals surface area contributed by atoms with E-state index < -0.39 is 22.5 Å². The van der Waals surface area contributed by atoms with Gasteiger partial charge in [0.1, 0.15) is 12.7 Å². The SMILES string of the molecule is CCC(=O)OC(COS(=O)(=O)OC)CN(C)C. The number of ether oxygens (including phenoxy) is 1. The quantitative estimate of drug-likeness (QED) is 0.563. The van der Waals surface area contributed by atoms with E-state index in [1.807, 2.05) is 0 Å². The fourth-order valence-electron chi connectivity index (χ4n) is 1.01. The van der Waals surface area contributed by atoms with Crippen LogP contribution in [0.15, 0.2) is 0 Å². The lowest BCUT2D eigenvalue weighted by Crippen LogP contribution is -2.34. The molecule has 1 unspecified atom stereocenters. The predicted molar refractivity (Wildman–Crippen MR) is 60.6 cm³/mol. The van der Waals surface area contributed by atoms with Crippen molar-refractivity contribution in [1.29, 1.82) is 0 Å². The standard InChI is InChI=1S/C9H19NO6S/c1-5-9(11)16-8(6-10(2)3)7-15-17(12,13)14-4/h8H,5-7H2,1-4H3. The molecule has 0 fully saturated rings. The molecule has 0 aromatic carbocycles. The second kappa shape index (κ2) is 7.59. The third-order valence-corrected chi connectivity index (χ3v) is 2.59. The summed E-state index contributed by atoms with van der Waals surface area (Å²) in [5.74, 6) is -0.407. The van der Waals surface area contributed by atoms with E-state index in [9.17, 15) is 13.2 Å². The van der Waals surface area contributed by atoms with E-state index >= 15 is 0 Å². The zero-order valence-corrected chi connectivity index (χ0v) is 11.3. The molecular formula is C9H19NO6S. The van der Waals surface area contributed by atoms with Crippen molar-refractivity contribution in [2.75, 3.05) is 34.4 Å². The Kier molecular flexibility index (Phi) is 7.28. The molecule has 0 aliphatic carbocycles. The Morgan fingerprint density at radius 2 is 1.94 bits per heavy atom. The number of hydrogen-bond donors (Lipinski definition) is 0. The van der Waals surface area contributed by atoms with Gasteiger partial charge in [0.15, 0.2) is 0 Å². The Morgan fingerprint density at radius 1 is 1.35 bits per heavy atom. The van der Waals surface area contributed by atoms with E-state index in [2.05, 4.69) is 8.37 Å². The van der Waals surface area contributed by atoms with Crippen molar-refractivity contribution >= 4 is 16.4 Å². The monoisotopic (exact) mass is 269 g/mol. The van der Waals surface area contributed by atoms with Gasteiger partial charge in [-0.05, 0) is 14.1 Å². The van der Waals surface area contributed by atoms with E-state index in [-0.39, 0.29) is 13.0 Å². The number of esters is 1. The fraction of sp³-hybridized carbons (Fsp3) is 0.889. The highest BCUT2D eigenvalue weighted by atomic mass is 32.3. The van der Waals surface area contributed by atoms with Gasteiger partial charge in [0.25, 0.3) is 0 Å². The summed E-state index contributed by atoms with van der Waals surface area (Å²) in [5, 5.41) is 0. The normalized spacial score (nSPS) is 13.7. The second-order valence-corrected chi connectivity index (χ2v) is 4.97. The molecule has 0 bridgehead atoms.